The van der Waals surface area contributed by atoms with Crippen molar-refractivity contribution < 1.29 is 18.7 Å². The van der Waals surface area contributed by atoms with Gasteiger partial charge in [-0.2, -0.15) is 5.10 Å². The van der Waals surface area contributed by atoms with Crippen LogP contribution >= 0.6 is 0 Å². The number of carbonyl (C=O) groups excluding carboxylic acids is 1. The van der Waals surface area contributed by atoms with E-state index in [0.29, 0.717) is 36.0 Å². The Morgan fingerprint density at radius 3 is 2.67 bits per heavy atom. The first-order valence-electron chi connectivity index (χ1n) is 12.8. The monoisotopic (exact) mass is 525 g/mol. The van der Waals surface area contributed by atoms with E-state index in [1.165, 1.54) is 6.07 Å². The molecule has 0 bridgehead atoms. The summed E-state index contributed by atoms with van der Waals surface area (Å²) < 4.78 is 26.9. The Labute approximate surface area is 225 Å². The molecule has 1 aliphatic rings. The number of nitrogens with one attached hydrogen (secondary N) is 2. The molecule has 198 valence electrons. The predicted octanol–water partition coefficient (Wildman–Crippen LogP) is 5.70. The molecule has 8 nitrogen and oxygen atoms in total. The molecule has 3 heterocycles. The second-order valence-corrected chi connectivity index (χ2v) is 9.43. The molecule has 39 heavy (non-hydrogen) atoms. The zero-order chi connectivity index (χ0) is 26.9. The molecule has 2 N–H and O–H groups in total. The number of carbonyl (C=O) groups is 1. The SMILES string of the molecule is CNc1c(C(=O)c2cc3cc(N4CCOCC4)ccc3[nH]2)cnn1-c1ccc(Oc2ccccc2F)cc1C. The number of benzene rings is 3. The maximum Gasteiger partial charge on any atom is 0.214 e. The van der Waals surface area contributed by atoms with E-state index >= 15 is 0 Å². The largest absolute Gasteiger partial charge is 0.454 e. The van der Waals surface area contributed by atoms with Gasteiger partial charge in [-0.05, 0) is 67.1 Å². The molecule has 1 saturated heterocycles. The van der Waals surface area contributed by atoms with Crippen LogP contribution in [0.3, 0.4) is 0 Å². The Bertz CT molecular complexity index is 1670. The van der Waals surface area contributed by atoms with Crippen molar-refractivity contribution in [3.8, 4) is 17.2 Å². The molecule has 0 unspecified atom stereocenters. The van der Waals surface area contributed by atoms with Gasteiger partial charge < -0.3 is 24.7 Å². The fourth-order valence-electron chi connectivity index (χ4n) is 4.93. The van der Waals surface area contributed by atoms with Crippen molar-refractivity contribution in [1.29, 1.82) is 0 Å². The van der Waals surface area contributed by atoms with Crippen molar-refractivity contribution in [2.24, 2.45) is 0 Å². The van der Waals surface area contributed by atoms with Crippen molar-refractivity contribution in [3.63, 3.8) is 0 Å². The number of anilines is 2. The number of H-pyrrole nitrogens is 1. The van der Waals surface area contributed by atoms with E-state index < -0.39 is 5.82 Å². The van der Waals surface area contributed by atoms with Gasteiger partial charge in [0, 0.05) is 36.7 Å². The molecule has 9 heteroatoms. The topological polar surface area (TPSA) is 84.4 Å². The standard InChI is InChI=1S/C30H28FN5O3/c1-19-15-22(39-28-6-4-3-5-24(28)31)8-10-27(19)36-30(32-2)23(18-33-36)29(37)26-17-20-16-21(7-9-25(20)34-26)35-11-13-38-14-12-35/h3-10,15-18,32,34H,11-14H2,1-2H3. The molecule has 5 aromatic rings. The minimum absolute atomic E-state index is 0.155. The van der Waals surface area contributed by atoms with Crippen molar-refractivity contribution in [3.05, 3.63) is 95.6 Å². The van der Waals surface area contributed by atoms with Crippen LogP contribution in [-0.2, 0) is 4.74 Å². The maximum atomic E-state index is 14.0. The van der Waals surface area contributed by atoms with Gasteiger partial charge in [0.2, 0.25) is 5.78 Å². The Hall–Kier alpha value is -4.63. The Balaban J connectivity index is 1.28. The van der Waals surface area contributed by atoms with Crippen LogP contribution < -0.4 is 15.0 Å². The Kier molecular flexibility index (Phi) is 6.50. The summed E-state index contributed by atoms with van der Waals surface area (Å²) in [6.45, 7) is 5.04. The van der Waals surface area contributed by atoms with Crippen LogP contribution in [0.2, 0.25) is 0 Å². The molecular formula is C30H28FN5O3. The lowest BCUT2D eigenvalue weighted by molar-refractivity contribution is 0.103. The highest BCUT2D eigenvalue weighted by Gasteiger charge is 2.22. The van der Waals surface area contributed by atoms with Crippen LogP contribution in [0.4, 0.5) is 15.9 Å². The number of rotatable bonds is 7. The summed E-state index contributed by atoms with van der Waals surface area (Å²) >= 11 is 0. The average molecular weight is 526 g/mol. The maximum absolute atomic E-state index is 14.0. The van der Waals surface area contributed by atoms with Crippen molar-refractivity contribution in [2.75, 3.05) is 43.6 Å². The van der Waals surface area contributed by atoms with E-state index in [2.05, 4.69) is 32.4 Å². The molecule has 2 aromatic heterocycles. The third-order valence-electron chi connectivity index (χ3n) is 6.94. The van der Waals surface area contributed by atoms with Gasteiger partial charge in [0.05, 0.1) is 36.4 Å². The minimum atomic E-state index is -0.429. The average Bonchev–Trinajstić information content (AvgIpc) is 3.58. The van der Waals surface area contributed by atoms with Gasteiger partial charge in [0.15, 0.2) is 11.6 Å². The highest BCUT2D eigenvalue weighted by atomic mass is 19.1. The zero-order valence-corrected chi connectivity index (χ0v) is 21.7. The summed E-state index contributed by atoms with van der Waals surface area (Å²) in [7, 11) is 1.76. The number of aryl methyl sites for hydroxylation is 1. The van der Waals surface area contributed by atoms with Crippen LogP contribution in [0.25, 0.3) is 16.6 Å². The van der Waals surface area contributed by atoms with E-state index in [1.807, 2.05) is 31.2 Å². The number of aromatic amines is 1. The zero-order valence-electron chi connectivity index (χ0n) is 21.7. The van der Waals surface area contributed by atoms with Gasteiger partial charge in [-0.15, -0.1) is 0 Å². The summed E-state index contributed by atoms with van der Waals surface area (Å²) in [6.07, 6.45) is 1.57. The molecule has 0 aliphatic carbocycles. The number of fused-ring (bicyclic) bond motifs is 1. The van der Waals surface area contributed by atoms with Gasteiger partial charge in [-0.25, -0.2) is 9.07 Å². The van der Waals surface area contributed by atoms with Crippen molar-refractivity contribution in [2.45, 2.75) is 6.92 Å². The number of hydrogen-bond donors (Lipinski definition) is 2. The van der Waals surface area contributed by atoms with E-state index in [4.69, 9.17) is 9.47 Å². The summed E-state index contributed by atoms with van der Waals surface area (Å²) in [5.41, 5.74) is 4.57. The number of halogens is 1. The smallest absolute Gasteiger partial charge is 0.214 e. The van der Waals surface area contributed by atoms with Crippen LogP contribution in [0.1, 0.15) is 21.6 Å². The van der Waals surface area contributed by atoms with E-state index in [-0.39, 0.29) is 11.5 Å². The number of ether oxygens (including phenoxy) is 2. The van der Waals surface area contributed by atoms with Crippen molar-refractivity contribution in [1.82, 2.24) is 14.8 Å². The summed E-state index contributed by atoms with van der Waals surface area (Å²) in [5, 5.41) is 8.63. The second-order valence-electron chi connectivity index (χ2n) is 9.43. The van der Waals surface area contributed by atoms with Gasteiger partial charge in [-0.1, -0.05) is 12.1 Å². The second kappa shape index (κ2) is 10.3. The molecule has 1 aliphatic heterocycles. The number of hydrogen-bond acceptors (Lipinski definition) is 6. The molecular weight excluding hydrogens is 497 g/mol. The van der Waals surface area contributed by atoms with Gasteiger partial charge >= 0.3 is 0 Å². The summed E-state index contributed by atoms with van der Waals surface area (Å²) in [6, 6.07) is 19.7. The molecule has 1 fully saturated rings. The Morgan fingerprint density at radius 2 is 1.90 bits per heavy atom. The van der Waals surface area contributed by atoms with Crippen LogP contribution in [0, 0.1) is 12.7 Å². The number of morpholine rings is 1. The molecule has 0 spiro atoms. The molecule has 0 amide bonds. The van der Waals surface area contributed by atoms with Crippen molar-refractivity contribution >= 4 is 28.2 Å². The van der Waals surface area contributed by atoms with E-state index in [1.54, 1.807) is 42.2 Å². The normalized spacial score (nSPS) is 13.6. The van der Waals surface area contributed by atoms with Crippen LogP contribution in [0.5, 0.6) is 11.5 Å². The highest BCUT2D eigenvalue weighted by Crippen LogP contribution is 2.31. The molecule has 6 rings (SSSR count). The quantitative estimate of drug-likeness (QED) is 0.265. The van der Waals surface area contributed by atoms with Gasteiger partial charge in [-0.3, -0.25) is 4.79 Å². The third kappa shape index (κ3) is 4.72. The number of ketones is 1. The highest BCUT2D eigenvalue weighted by molar-refractivity contribution is 6.13. The molecule has 0 atom stereocenters. The van der Waals surface area contributed by atoms with Crippen LogP contribution in [0.15, 0.2) is 72.9 Å². The minimum Gasteiger partial charge on any atom is -0.454 e. The lowest BCUT2D eigenvalue weighted by Crippen LogP contribution is -2.36. The van der Waals surface area contributed by atoms with E-state index in [9.17, 15) is 9.18 Å². The molecule has 0 saturated carbocycles. The van der Waals surface area contributed by atoms with Gasteiger partial charge in [0.25, 0.3) is 0 Å². The lowest BCUT2D eigenvalue weighted by Gasteiger charge is -2.28. The van der Waals surface area contributed by atoms with Crippen LogP contribution in [-0.4, -0.2) is 53.9 Å². The number of para-hydroxylation sites is 1. The Morgan fingerprint density at radius 1 is 1.08 bits per heavy atom. The van der Waals surface area contributed by atoms with E-state index in [0.717, 1.165) is 40.9 Å². The number of nitrogens with zero attached hydrogens (tertiary/aromatic N) is 3. The summed E-state index contributed by atoms with van der Waals surface area (Å²) in [4.78, 5) is 19.1. The lowest BCUT2D eigenvalue weighted by atomic mass is 10.1. The first-order valence-corrected chi connectivity index (χ1v) is 12.8. The third-order valence-corrected chi connectivity index (χ3v) is 6.94. The fourth-order valence-corrected chi connectivity index (χ4v) is 4.93. The van der Waals surface area contributed by atoms with Gasteiger partial charge in [0.1, 0.15) is 11.6 Å². The summed E-state index contributed by atoms with van der Waals surface area (Å²) in [5.74, 6) is 0.639. The number of aromatic nitrogens is 3. The predicted molar refractivity (Wildman–Crippen MR) is 149 cm³/mol. The first kappa shape index (κ1) is 24.7. The molecule has 3 aromatic carbocycles. The first-order chi connectivity index (χ1) is 19.0. The molecule has 0 radical (unpaired) electrons. The fraction of sp³-hybridized carbons (Fsp3) is 0.200.